The number of nitrogens with zero attached hydrogens (tertiary/aromatic N) is 1. The van der Waals surface area contributed by atoms with E-state index in [1.807, 2.05) is 38.1 Å². The molecule has 2 rings (SSSR count). The first kappa shape index (κ1) is 22.9. The number of hydrogen-bond acceptors (Lipinski definition) is 5. The van der Waals surface area contributed by atoms with Gasteiger partial charge in [0.05, 0.1) is 7.11 Å². The van der Waals surface area contributed by atoms with Crippen molar-refractivity contribution in [3.63, 3.8) is 0 Å². The number of methoxy groups -OCH3 is 1. The van der Waals surface area contributed by atoms with E-state index in [1.165, 1.54) is 7.11 Å². The second-order valence-electron chi connectivity index (χ2n) is 6.88. The molecule has 0 aliphatic heterocycles. The standard InChI is InChI=1S/C23H28N2O5/c1-4-12-25(15-18-10-8-17(2)9-11-18)21(26)16-30-22(27)14-24-23(28)19-6-5-7-20(13-19)29-3/h5-11,13H,4,12,14-16H2,1-3H3,(H,24,28). The number of carbonyl (C=O) groups is 3. The minimum atomic E-state index is -0.675. The fourth-order valence-electron chi connectivity index (χ4n) is 2.78. The summed E-state index contributed by atoms with van der Waals surface area (Å²) in [6, 6.07) is 14.5. The lowest BCUT2D eigenvalue weighted by Gasteiger charge is -2.22. The number of rotatable bonds is 10. The number of carbonyl (C=O) groups excluding carboxylic acids is 3. The van der Waals surface area contributed by atoms with Crippen LogP contribution in [0.25, 0.3) is 0 Å². The van der Waals surface area contributed by atoms with E-state index in [0.29, 0.717) is 24.4 Å². The highest BCUT2D eigenvalue weighted by Crippen LogP contribution is 2.12. The fourth-order valence-corrected chi connectivity index (χ4v) is 2.78. The minimum Gasteiger partial charge on any atom is -0.497 e. The van der Waals surface area contributed by atoms with Gasteiger partial charge in [0.15, 0.2) is 6.61 Å². The summed E-state index contributed by atoms with van der Waals surface area (Å²) >= 11 is 0. The Hall–Kier alpha value is -3.35. The molecule has 0 bridgehead atoms. The van der Waals surface area contributed by atoms with E-state index in [2.05, 4.69) is 5.32 Å². The van der Waals surface area contributed by atoms with Crippen LogP contribution in [0.5, 0.6) is 5.75 Å². The number of aryl methyl sites for hydroxylation is 1. The predicted molar refractivity (Wildman–Crippen MR) is 113 cm³/mol. The van der Waals surface area contributed by atoms with Gasteiger partial charge in [0.25, 0.3) is 11.8 Å². The number of hydrogen-bond donors (Lipinski definition) is 1. The van der Waals surface area contributed by atoms with Crippen molar-refractivity contribution in [1.82, 2.24) is 10.2 Å². The van der Waals surface area contributed by atoms with E-state index < -0.39 is 11.9 Å². The van der Waals surface area contributed by atoms with Crippen LogP contribution in [-0.4, -0.2) is 49.5 Å². The van der Waals surface area contributed by atoms with Crippen LogP contribution in [0, 0.1) is 6.92 Å². The topological polar surface area (TPSA) is 84.9 Å². The monoisotopic (exact) mass is 412 g/mol. The van der Waals surface area contributed by atoms with Gasteiger partial charge in [0, 0.05) is 18.7 Å². The first-order valence-corrected chi connectivity index (χ1v) is 9.84. The maximum Gasteiger partial charge on any atom is 0.325 e. The van der Waals surface area contributed by atoms with Crippen LogP contribution in [0.1, 0.15) is 34.8 Å². The summed E-state index contributed by atoms with van der Waals surface area (Å²) in [6.07, 6.45) is 0.794. The molecule has 7 nitrogen and oxygen atoms in total. The molecule has 0 saturated carbocycles. The van der Waals surface area contributed by atoms with Gasteiger partial charge < -0.3 is 19.7 Å². The number of esters is 1. The molecule has 2 aromatic rings. The Bertz CT molecular complexity index is 864. The predicted octanol–water partition coefficient (Wildman–Crippen LogP) is 2.72. The van der Waals surface area contributed by atoms with Crippen LogP contribution in [-0.2, 0) is 20.9 Å². The third-order valence-corrected chi connectivity index (χ3v) is 4.42. The number of amides is 2. The molecule has 0 unspecified atom stereocenters. The SMILES string of the molecule is CCCN(Cc1ccc(C)cc1)C(=O)COC(=O)CNC(=O)c1cccc(OC)c1. The smallest absolute Gasteiger partial charge is 0.325 e. The lowest BCUT2D eigenvalue weighted by atomic mass is 10.1. The zero-order chi connectivity index (χ0) is 21.9. The second kappa shape index (κ2) is 11.6. The van der Waals surface area contributed by atoms with Gasteiger partial charge in [-0.25, -0.2) is 0 Å². The molecule has 0 saturated heterocycles. The molecule has 160 valence electrons. The average Bonchev–Trinajstić information content (AvgIpc) is 2.76. The first-order valence-electron chi connectivity index (χ1n) is 9.84. The highest BCUT2D eigenvalue weighted by molar-refractivity contribution is 5.96. The molecule has 0 aliphatic carbocycles. The van der Waals surface area contributed by atoms with E-state index in [4.69, 9.17) is 9.47 Å². The van der Waals surface area contributed by atoms with Crippen molar-refractivity contribution in [1.29, 1.82) is 0 Å². The van der Waals surface area contributed by atoms with Crippen LogP contribution in [0.4, 0.5) is 0 Å². The molecular weight excluding hydrogens is 384 g/mol. The molecule has 0 aliphatic rings. The van der Waals surface area contributed by atoms with Crippen LogP contribution in [0.15, 0.2) is 48.5 Å². The van der Waals surface area contributed by atoms with Gasteiger partial charge in [-0.1, -0.05) is 42.8 Å². The Morgan fingerprint density at radius 3 is 2.47 bits per heavy atom. The molecule has 1 N–H and O–H groups in total. The molecule has 2 aromatic carbocycles. The summed E-state index contributed by atoms with van der Waals surface area (Å²) in [6.45, 7) is 4.32. The molecule has 7 heteroatoms. The average molecular weight is 412 g/mol. The van der Waals surface area contributed by atoms with Crippen LogP contribution in [0.3, 0.4) is 0 Å². The minimum absolute atomic E-state index is 0.273. The van der Waals surface area contributed by atoms with Crippen LogP contribution < -0.4 is 10.1 Å². The van der Waals surface area contributed by atoms with Crippen molar-refractivity contribution in [3.8, 4) is 5.75 Å². The Kier molecular flexibility index (Phi) is 8.87. The van der Waals surface area contributed by atoms with Crippen LogP contribution in [0.2, 0.25) is 0 Å². The van der Waals surface area contributed by atoms with Crippen molar-refractivity contribution >= 4 is 17.8 Å². The molecule has 0 fully saturated rings. The second-order valence-corrected chi connectivity index (χ2v) is 6.88. The van der Waals surface area contributed by atoms with E-state index in [1.54, 1.807) is 29.2 Å². The normalized spacial score (nSPS) is 10.2. The maximum absolute atomic E-state index is 12.5. The van der Waals surface area contributed by atoms with Crippen molar-refractivity contribution in [2.24, 2.45) is 0 Å². The Labute approximate surface area is 177 Å². The van der Waals surface area contributed by atoms with Crippen molar-refractivity contribution in [3.05, 3.63) is 65.2 Å². The number of nitrogens with one attached hydrogen (secondary N) is 1. The lowest BCUT2D eigenvalue weighted by molar-refractivity contribution is -0.151. The third kappa shape index (κ3) is 7.24. The zero-order valence-electron chi connectivity index (χ0n) is 17.6. The van der Waals surface area contributed by atoms with Gasteiger partial charge in [0.1, 0.15) is 12.3 Å². The highest BCUT2D eigenvalue weighted by atomic mass is 16.5. The Balaban J connectivity index is 1.81. The van der Waals surface area contributed by atoms with Crippen molar-refractivity contribution in [2.75, 3.05) is 26.8 Å². The molecule has 0 heterocycles. The number of ether oxygens (including phenoxy) is 2. The van der Waals surface area contributed by atoms with Gasteiger partial charge in [-0.2, -0.15) is 0 Å². The Morgan fingerprint density at radius 1 is 1.07 bits per heavy atom. The van der Waals surface area contributed by atoms with E-state index in [9.17, 15) is 14.4 Å². The van der Waals surface area contributed by atoms with Crippen molar-refractivity contribution in [2.45, 2.75) is 26.8 Å². The molecule has 0 spiro atoms. The van der Waals surface area contributed by atoms with Gasteiger partial charge in [0.2, 0.25) is 0 Å². The van der Waals surface area contributed by atoms with Gasteiger partial charge in [-0.3, -0.25) is 14.4 Å². The quantitative estimate of drug-likeness (QED) is 0.607. The van der Waals surface area contributed by atoms with E-state index in [0.717, 1.165) is 17.5 Å². The molecule has 2 amide bonds. The summed E-state index contributed by atoms with van der Waals surface area (Å²) in [7, 11) is 1.51. The van der Waals surface area contributed by atoms with Gasteiger partial charge in [-0.15, -0.1) is 0 Å². The van der Waals surface area contributed by atoms with E-state index >= 15 is 0 Å². The zero-order valence-corrected chi connectivity index (χ0v) is 17.6. The highest BCUT2D eigenvalue weighted by Gasteiger charge is 2.16. The molecule has 0 radical (unpaired) electrons. The molecular formula is C23H28N2O5. The summed E-state index contributed by atoms with van der Waals surface area (Å²) in [5.41, 5.74) is 2.53. The summed E-state index contributed by atoms with van der Waals surface area (Å²) in [5, 5.41) is 2.48. The lowest BCUT2D eigenvalue weighted by Crippen LogP contribution is -2.36. The molecule has 0 aromatic heterocycles. The summed E-state index contributed by atoms with van der Waals surface area (Å²) < 4.78 is 10.1. The fraction of sp³-hybridized carbons (Fsp3) is 0.348. The molecule has 0 atom stereocenters. The third-order valence-electron chi connectivity index (χ3n) is 4.42. The first-order chi connectivity index (χ1) is 14.4. The molecule has 30 heavy (non-hydrogen) atoms. The number of benzene rings is 2. The van der Waals surface area contributed by atoms with Gasteiger partial charge in [-0.05, 0) is 37.1 Å². The van der Waals surface area contributed by atoms with E-state index in [-0.39, 0.29) is 19.1 Å². The summed E-state index contributed by atoms with van der Waals surface area (Å²) in [4.78, 5) is 38.2. The van der Waals surface area contributed by atoms with Crippen molar-refractivity contribution < 1.29 is 23.9 Å². The largest absolute Gasteiger partial charge is 0.497 e. The summed E-state index contributed by atoms with van der Waals surface area (Å²) in [5.74, 6) is -0.833. The van der Waals surface area contributed by atoms with Gasteiger partial charge >= 0.3 is 5.97 Å². The van der Waals surface area contributed by atoms with Crippen LogP contribution >= 0.6 is 0 Å². The Morgan fingerprint density at radius 2 is 1.80 bits per heavy atom. The maximum atomic E-state index is 12.5.